The average Bonchev–Trinajstić information content (AvgIpc) is 2.67. The highest BCUT2D eigenvalue weighted by atomic mass is 32.2. The Bertz CT molecular complexity index is 1170. The first kappa shape index (κ1) is 20.8. The normalized spacial score (nSPS) is 12.4. The van der Waals surface area contributed by atoms with Crippen LogP contribution < -0.4 is 0 Å². The number of pyridine rings is 1. The summed E-state index contributed by atoms with van der Waals surface area (Å²) in [6.45, 7) is 2.98. The third-order valence-electron chi connectivity index (χ3n) is 4.29. The van der Waals surface area contributed by atoms with Crippen molar-refractivity contribution >= 4 is 22.0 Å². The Morgan fingerprint density at radius 3 is 2.31 bits per heavy atom. The Hall–Kier alpha value is -2.90. The maximum atomic E-state index is 13.7. The number of nitrogens with zero attached hydrogens (tertiary/aromatic N) is 1. The molecule has 0 atom stereocenters. The van der Waals surface area contributed by atoms with E-state index >= 15 is 0 Å². The minimum Gasteiger partial charge on any atom is -0.386 e. The van der Waals surface area contributed by atoms with E-state index in [2.05, 4.69) is 4.98 Å². The van der Waals surface area contributed by atoms with E-state index in [4.69, 9.17) is 0 Å². The van der Waals surface area contributed by atoms with E-state index in [1.165, 1.54) is 50.4 Å². The van der Waals surface area contributed by atoms with Crippen LogP contribution in [-0.2, 0) is 15.4 Å². The fraction of sp³-hybridized carbons (Fsp3) is 0.136. The van der Waals surface area contributed by atoms with E-state index in [-0.39, 0.29) is 21.0 Å². The van der Waals surface area contributed by atoms with Crippen molar-refractivity contribution in [3.05, 3.63) is 89.1 Å². The Kier molecular flexibility index (Phi) is 5.64. The molecule has 29 heavy (non-hydrogen) atoms. The van der Waals surface area contributed by atoms with Crippen LogP contribution in [0.5, 0.6) is 0 Å². The van der Waals surface area contributed by atoms with Gasteiger partial charge in [-0.05, 0) is 49.7 Å². The lowest BCUT2D eigenvalue weighted by Gasteiger charge is -2.20. The van der Waals surface area contributed by atoms with Gasteiger partial charge in [-0.1, -0.05) is 30.4 Å². The van der Waals surface area contributed by atoms with E-state index < -0.39 is 27.1 Å². The molecule has 4 nitrogen and oxygen atoms in total. The summed E-state index contributed by atoms with van der Waals surface area (Å²) in [5.41, 5.74) is -0.322. The van der Waals surface area contributed by atoms with E-state index in [1.807, 2.05) is 0 Å². The van der Waals surface area contributed by atoms with Crippen molar-refractivity contribution < 1.29 is 22.3 Å². The maximum Gasteiger partial charge on any atom is 0.224 e. The second-order valence-corrected chi connectivity index (χ2v) is 8.85. The molecule has 3 aromatic rings. The monoisotopic (exact) mass is 415 g/mol. The molecule has 0 spiro atoms. The van der Waals surface area contributed by atoms with Gasteiger partial charge < -0.3 is 5.11 Å². The minimum absolute atomic E-state index is 0.0202. The van der Waals surface area contributed by atoms with Crippen molar-refractivity contribution in [2.45, 2.75) is 29.4 Å². The van der Waals surface area contributed by atoms with Crippen LogP contribution in [0.25, 0.3) is 12.2 Å². The van der Waals surface area contributed by atoms with Crippen molar-refractivity contribution in [1.82, 2.24) is 4.98 Å². The van der Waals surface area contributed by atoms with Gasteiger partial charge in [-0.15, -0.1) is 0 Å². The largest absolute Gasteiger partial charge is 0.386 e. The van der Waals surface area contributed by atoms with Crippen LogP contribution in [0.15, 0.2) is 70.7 Å². The van der Waals surface area contributed by atoms with Crippen molar-refractivity contribution in [3.8, 4) is 0 Å². The van der Waals surface area contributed by atoms with Gasteiger partial charge >= 0.3 is 0 Å². The minimum atomic E-state index is -3.94. The number of hydrogen-bond acceptors (Lipinski definition) is 4. The van der Waals surface area contributed by atoms with Crippen molar-refractivity contribution in [2.75, 3.05) is 0 Å². The molecule has 1 aromatic heterocycles. The first-order chi connectivity index (χ1) is 13.6. The van der Waals surface area contributed by atoms with Crippen molar-refractivity contribution in [3.63, 3.8) is 0 Å². The van der Waals surface area contributed by atoms with Crippen molar-refractivity contribution in [2.24, 2.45) is 0 Å². The second kappa shape index (κ2) is 7.85. The summed E-state index contributed by atoms with van der Waals surface area (Å²) >= 11 is 0. The van der Waals surface area contributed by atoms with Crippen LogP contribution in [0, 0.1) is 11.6 Å². The van der Waals surface area contributed by atoms with Gasteiger partial charge in [-0.2, -0.15) is 0 Å². The molecule has 0 saturated carbocycles. The third kappa shape index (κ3) is 4.58. The molecule has 0 saturated heterocycles. The molecule has 0 amide bonds. The first-order valence-electron chi connectivity index (χ1n) is 8.75. The molecule has 0 fully saturated rings. The molecule has 0 radical (unpaired) electrons. The maximum absolute atomic E-state index is 13.7. The van der Waals surface area contributed by atoms with Gasteiger partial charge in [-0.25, -0.2) is 22.2 Å². The van der Waals surface area contributed by atoms with Crippen LogP contribution in [0.2, 0.25) is 0 Å². The molecule has 3 rings (SSSR count). The molecule has 2 aromatic carbocycles. The number of hydrogen-bond donors (Lipinski definition) is 1. The molecule has 0 aliphatic carbocycles. The van der Waals surface area contributed by atoms with Crippen LogP contribution in [-0.4, -0.2) is 18.5 Å². The molecule has 1 heterocycles. The Morgan fingerprint density at radius 1 is 1.00 bits per heavy atom. The molecule has 1 N–H and O–H groups in total. The smallest absolute Gasteiger partial charge is 0.224 e. The number of rotatable bonds is 5. The lowest BCUT2D eigenvalue weighted by molar-refractivity contribution is 0.0747. The lowest BCUT2D eigenvalue weighted by atomic mass is 10.0. The highest BCUT2D eigenvalue weighted by Crippen LogP contribution is 2.29. The summed E-state index contributed by atoms with van der Waals surface area (Å²) in [5, 5.41) is 10.1. The van der Waals surface area contributed by atoms with E-state index in [0.717, 1.165) is 12.1 Å². The summed E-state index contributed by atoms with van der Waals surface area (Å²) in [7, 11) is -3.94. The fourth-order valence-electron chi connectivity index (χ4n) is 2.76. The predicted molar refractivity (Wildman–Crippen MR) is 107 cm³/mol. The SMILES string of the molecule is CC(C)(O)c1cccnc1S(=O)(=O)c1ccc(/C=C/c2ccc(F)cc2F)cc1. The Labute approximate surface area is 168 Å². The van der Waals surface area contributed by atoms with Crippen LogP contribution in [0.4, 0.5) is 8.78 Å². The van der Waals surface area contributed by atoms with E-state index in [0.29, 0.717) is 5.56 Å². The first-order valence-corrected chi connectivity index (χ1v) is 10.2. The predicted octanol–water partition coefficient (Wildman–Crippen LogP) is 4.59. The molecular formula is C22H19F2NO3S. The number of halogens is 2. The zero-order chi connectivity index (χ0) is 21.2. The molecule has 0 unspecified atom stereocenters. The number of aliphatic hydroxyl groups is 1. The van der Waals surface area contributed by atoms with Crippen LogP contribution in [0.3, 0.4) is 0 Å². The van der Waals surface area contributed by atoms with Crippen LogP contribution >= 0.6 is 0 Å². The van der Waals surface area contributed by atoms with Gasteiger partial charge in [0.2, 0.25) is 9.84 Å². The van der Waals surface area contributed by atoms with Gasteiger partial charge in [0.15, 0.2) is 5.03 Å². The molecule has 0 bridgehead atoms. The lowest BCUT2D eigenvalue weighted by Crippen LogP contribution is -2.21. The van der Waals surface area contributed by atoms with E-state index in [9.17, 15) is 22.3 Å². The Morgan fingerprint density at radius 2 is 1.69 bits per heavy atom. The summed E-state index contributed by atoms with van der Waals surface area (Å²) < 4.78 is 52.6. The highest BCUT2D eigenvalue weighted by molar-refractivity contribution is 7.91. The quantitative estimate of drug-likeness (QED) is 0.619. The topological polar surface area (TPSA) is 67.3 Å². The second-order valence-electron chi connectivity index (χ2n) is 6.99. The van der Waals surface area contributed by atoms with Gasteiger partial charge in [-0.3, -0.25) is 0 Å². The summed E-state index contributed by atoms with van der Waals surface area (Å²) in [4.78, 5) is 3.99. The zero-order valence-electron chi connectivity index (χ0n) is 15.8. The summed E-state index contributed by atoms with van der Waals surface area (Å²) in [6, 6.07) is 12.3. The molecule has 0 aliphatic rings. The van der Waals surface area contributed by atoms with Gasteiger partial charge in [0.1, 0.15) is 11.6 Å². The molecular weight excluding hydrogens is 396 g/mol. The molecule has 7 heteroatoms. The molecule has 150 valence electrons. The average molecular weight is 415 g/mol. The van der Waals surface area contributed by atoms with Gasteiger partial charge in [0, 0.05) is 23.4 Å². The molecule has 0 aliphatic heterocycles. The van der Waals surface area contributed by atoms with Gasteiger partial charge in [0.25, 0.3) is 0 Å². The third-order valence-corrected chi connectivity index (χ3v) is 6.02. The number of benzene rings is 2. The zero-order valence-corrected chi connectivity index (χ0v) is 16.6. The highest BCUT2D eigenvalue weighted by Gasteiger charge is 2.29. The number of sulfone groups is 1. The van der Waals surface area contributed by atoms with Gasteiger partial charge in [0.05, 0.1) is 10.5 Å². The van der Waals surface area contributed by atoms with Crippen LogP contribution in [0.1, 0.15) is 30.5 Å². The summed E-state index contributed by atoms with van der Waals surface area (Å²) in [5.74, 6) is -1.34. The Balaban J connectivity index is 1.91. The standard InChI is InChI=1S/C22H19F2NO3S/c1-22(2,26)19-4-3-13-25-21(19)29(27,28)18-11-6-15(7-12-18)5-8-16-9-10-17(23)14-20(16)24/h3-14,26H,1-2H3/b8-5+. The number of aromatic nitrogens is 1. The van der Waals surface area contributed by atoms with E-state index in [1.54, 1.807) is 24.3 Å². The fourth-order valence-corrected chi connectivity index (χ4v) is 4.29. The van der Waals surface area contributed by atoms with Crippen molar-refractivity contribution in [1.29, 1.82) is 0 Å². The summed E-state index contributed by atoms with van der Waals surface area (Å²) in [6.07, 6.45) is 4.43.